The molecule has 1 heterocycles. The molecule has 0 radical (unpaired) electrons. The minimum Gasteiger partial charge on any atom is -0.496 e. The zero-order valence-electron chi connectivity index (χ0n) is 14.2. The number of ether oxygens (including phenoxy) is 2. The van der Waals surface area contributed by atoms with Gasteiger partial charge in [-0.15, -0.1) is 11.8 Å². The Morgan fingerprint density at radius 3 is 2.71 bits per heavy atom. The summed E-state index contributed by atoms with van der Waals surface area (Å²) in [5.41, 5.74) is 2.39. The van der Waals surface area contributed by atoms with Crippen molar-refractivity contribution in [3.05, 3.63) is 51.7 Å². The van der Waals surface area contributed by atoms with E-state index in [9.17, 15) is 10.1 Å². The Hall–Kier alpha value is -2.39. The maximum atomic E-state index is 12.5. The minimum atomic E-state index is -0.520. The molecule has 1 N–H and O–H groups in total. The second-order valence-electron chi connectivity index (χ2n) is 5.12. The molecule has 0 amide bonds. The second kappa shape index (κ2) is 7.93. The summed E-state index contributed by atoms with van der Waals surface area (Å²) in [6, 6.07) is 9.67. The summed E-state index contributed by atoms with van der Waals surface area (Å²) in [7, 11) is 1.58. The molecule has 126 valence electrons. The molecule has 1 aliphatic heterocycles. The number of hydrogen-bond acceptors (Lipinski definition) is 6. The fraction of sp³-hybridized carbons (Fsp3) is 0.333. The van der Waals surface area contributed by atoms with E-state index in [0.29, 0.717) is 22.6 Å². The maximum Gasteiger partial charge on any atom is 0.336 e. The Morgan fingerprint density at radius 1 is 1.42 bits per heavy atom. The number of carbonyl (C=O) groups excluding carboxylic acids is 1. The molecule has 0 fully saturated rings. The number of rotatable bonds is 5. The molecule has 0 bridgehead atoms. The molecule has 2 rings (SSSR count). The van der Waals surface area contributed by atoms with Crippen LogP contribution in [0.2, 0.25) is 0 Å². The molecule has 0 spiro atoms. The Labute approximate surface area is 146 Å². The average molecular weight is 344 g/mol. The van der Waals surface area contributed by atoms with Gasteiger partial charge in [-0.3, -0.25) is 0 Å². The molecule has 0 aliphatic carbocycles. The molecule has 1 unspecified atom stereocenters. The van der Waals surface area contributed by atoms with Crippen molar-refractivity contribution in [1.82, 2.24) is 5.32 Å². The van der Waals surface area contributed by atoms with Crippen LogP contribution in [0, 0.1) is 11.3 Å². The Kier molecular flexibility index (Phi) is 5.93. The van der Waals surface area contributed by atoms with Gasteiger partial charge in [0.2, 0.25) is 0 Å². The van der Waals surface area contributed by atoms with Crippen molar-refractivity contribution in [2.24, 2.45) is 0 Å². The second-order valence-corrected chi connectivity index (χ2v) is 5.93. The van der Waals surface area contributed by atoms with E-state index in [1.807, 2.05) is 37.4 Å². The number of para-hydroxylation sites is 1. The van der Waals surface area contributed by atoms with Crippen molar-refractivity contribution in [3.63, 3.8) is 0 Å². The van der Waals surface area contributed by atoms with Crippen molar-refractivity contribution in [3.8, 4) is 11.8 Å². The molecule has 1 aromatic carbocycles. The van der Waals surface area contributed by atoms with E-state index in [-0.39, 0.29) is 6.61 Å². The van der Waals surface area contributed by atoms with Crippen molar-refractivity contribution in [1.29, 1.82) is 5.26 Å². The summed E-state index contributed by atoms with van der Waals surface area (Å²) < 4.78 is 10.7. The lowest BCUT2D eigenvalue weighted by molar-refractivity contribution is -0.138. The largest absolute Gasteiger partial charge is 0.496 e. The standard InChI is InChI=1S/C18H20N2O3S/c1-5-23-18(21)15-11(2)20-17(24-4)13(10-19)16(15)12-8-6-7-9-14(12)22-3/h6-9,16,20H,5H2,1-4H3. The summed E-state index contributed by atoms with van der Waals surface area (Å²) >= 11 is 1.44. The minimum absolute atomic E-state index is 0.273. The molecular formula is C18H20N2O3S. The molecular weight excluding hydrogens is 324 g/mol. The molecule has 1 atom stereocenters. The molecule has 1 aliphatic rings. The lowest BCUT2D eigenvalue weighted by atomic mass is 9.82. The van der Waals surface area contributed by atoms with Crippen LogP contribution in [0.1, 0.15) is 25.3 Å². The summed E-state index contributed by atoms with van der Waals surface area (Å²) in [6.07, 6.45) is 1.89. The molecule has 0 saturated heterocycles. The molecule has 5 nitrogen and oxygen atoms in total. The van der Waals surface area contributed by atoms with Gasteiger partial charge < -0.3 is 14.8 Å². The van der Waals surface area contributed by atoms with Crippen molar-refractivity contribution < 1.29 is 14.3 Å². The summed E-state index contributed by atoms with van der Waals surface area (Å²) in [4.78, 5) is 12.5. The van der Waals surface area contributed by atoms with Gasteiger partial charge in [0.1, 0.15) is 5.75 Å². The average Bonchev–Trinajstić information content (AvgIpc) is 2.60. The highest BCUT2D eigenvalue weighted by atomic mass is 32.2. The number of benzene rings is 1. The van der Waals surface area contributed by atoms with Crippen LogP contribution in [0.25, 0.3) is 0 Å². The number of hydrogen-bond donors (Lipinski definition) is 1. The number of carbonyl (C=O) groups is 1. The van der Waals surface area contributed by atoms with E-state index in [2.05, 4.69) is 11.4 Å². The molecule has 1 aromatic rings. The molecule has 0 aromatic heterocycles. The maximum absolute atomic E-state index is 12.5. The topological polar surface area (TPSA) is 71.3 Å². The third-order valence-electron chi connectivity index (χ3n) is 3.80. The van der Waals surface area contributed by atoms with Crippen molar-refractivity contribution in [2.75, 3.05) is 20.0 Å². The highest BCUT2D eigenvalue weighted by Crippen LogP contribution is 2.43. The number of nitrogens with one attached hydrogen (secondary N) is 1. The molecule has 24 heavy (non-hydrogen) atoms. The van der Waals surface area contributed by atoms with Gasteiger partial charge in [0.25, 0.3) is 0 Å². The highest BCUT2D eigenvalue weighted by Gasteiger charge is 2.36. The van der Waals surface area contributed by atoms with Gasteiger partial charge in [-0.1, -0.05) is 18.2 Å². The van der Waals surface area contributed by atoms with E-state index >= 15 is 0 Å². The van der Waals surface area contributed by atoms with Crippen LogP contribution < -0.4 is 10.1 Å². The van der Waals surface area contributed by atoms with Crippen LogP contribution in [0.3, 0.4) is 0 Å². The Morgan fingerprint density at radius 2 is 2.12 bits per heavy atom. The molecule has 6 heteroatoms. The predicted molar refractivity (Wildman–Crippen MR) is 94.4 cm³/mol. The van der Waals surface area contributed by atoms with Gasteiger partial charge in [0.15, 0.2) is 0 Å². The van der Waals surface area contributed by atoms with Gasteiger partial charge in [-0.25, -0.2) is 4.79 Å². The monoisotopic (exact) mass is 344 g/mol. The SMILES string of the molecule is CCOC(=O)C1=C(C)NC(SC)=C(C#N)C1c1ccccc1OC. The van der Waals surface area contributed by atoms with Crippen LogP contribution >= 0.6 is 11.8 Å². The van der Waals surface area contributed by atoms with E-state index in [4.69, 9.17) is 9.47 Å². The van der Waals surface area contributed by atoms with Gasteiger partial charge in [-0.2, -0.15) is 5.26 Å². The van der Waals surface area contributed by atoms with Crippen LogP contribution in [0.15, 0.2) is 46.1 Å². The quantitative estimate of drug-likeness (QED) is 0.826. The van der Waals surface area contributed by atoms with E-state index < -0.39 is 11.9 Å². The number of dihydropyridines is 1. The number of nitrogens with zero attached hydrogens (tertiary/aromatic N) is 1. The summed E-state index contributed by atoms with van der Waals surface area (Å²) in [5.74, 6) is -0.313. The smallest absolute Gasteiger partial charge is 0.336 e. The summed E-state index contributed by atoms with van der Waals surface area (Å²) in [6.45, 7) is 3.85. The third kappa shape index (κ3) is 3.26. The first-order chi connectivity index (χ1) is 11.6. The van der Waals surface area contributed by atoms with E-state index in [1.54, 1.807) is 14.0 Å². The zero-order chi connectivity index (χ0) is 17.7. The lowest BCUT2D eigenvalue weighted by Gasteiger charge is -2.29. The van der Waals surface area contributed by atoms with Crippen molar-refractivity contribution in [2.45, 2.75) is 19.8 Å². The first-order valence-corrected chi connectivity index (χ1v) is 8.77. The van der Waals surface area contributed by atoms with Gasteiger partial charge >= 0.3 is 5.97 Å². The number of thioether (sulfide) groups is 1. The van der Waals surface area contributed by atoms with Crippen LogP contribution in [-0.4, -0.2) is 25.9 Å². The fourth-order valence-electron chi connectivity index (χ4n) is 2.77. The Bertz CT molecular complexity index is 747. The fourth-order valence-corrected chi connectivity index (χ4v) is 3.41. The van der Waals surface area contributed by atoms with Crippen molar-refractivity contribution >= 4 is 17.7 Å². The highest BCUT2D eigenvalue weighted by molar-refractivity contribution is 8.02. The van der Waals surface area contributed by atoms with Crippen LogP contribution in [-0.2, 0) is 9.53 Å². The lowest BCUT2D eigenvalue weighted by Crippen LogP contribution is -2.29. The number of nitriles is 1. The van der Waals surface area contributed by atoms with E-state index in [0.717, 1.165) is 10.6 Å². The van der Waals surface area contributed by atoms with Crippen LogP contribution in [0.5, 0.6) is 5.75 Å². The Balaban J connectivity index is 2.70. The van der Waals surface area contributed by atoms with Gasteiger partial charge in [0.05, 0.1) is 41.9 Å². The third-order valence-corrected chi connectivity index (χ3v) is 4.53. The number of methoxy groups -OCH3 is 1. The van der Waals surface area contributed by atoms with Gasteiger partial charge in [0, 0.05) is 11.3 Å². The first kappa shape index (κ1) is 18.0. The number of allylic oxidation sites excluding steroid dienone is 2. The molecule has 0 saturated carbocycles. The summed E-state index contributed by atoms with van der Waals surface area (Å²) in [5, 5.41) is 13.6. The number of esters is 1. The zero-order valence-corrected chi connectivity index (χ0v) is 15.0. The first-order valence-electron chi connectivity index (χ1n) is 7.55. The normalized spacial score (nSPS) is 17.2. The van der Waals surface area contributed by atoms with Crippen LogP contribution in [0.4, 0.5) is 0 Å². The van der Waals surface area contributed by atoms with E-state index in [1.165, 1.54) is 11.8 Å². The predicted octanol–water partition coefficient (Wildman–Crippen LogP) is 3.32. The van der Waals surface area contributed by atoms with Gasteiger partial charge in [-0.05, 0) is 26.2 Å².